The first-order valence-electron chi connectivity index (χ1n) is 9.54. The molecule has 1 fully saturated rings. The van der Waals surface area contributed by atoms with Gasteiger partial charge in [0, 0.05) is 31.4 Å². The molecule has 0 radical (unpaired) electrons. The van der Waals surface area contributed by atoms with Crippen LogP contribution in [0.15, 0.2) is 23.1 Å². The molecule has 0 heterocycles. The predicted octanol–water partition coefficient (Wildman–Crippen LogP) is 2.46. The van der Waals surface area contributed by atoms with Crippen molar-refractivity contribution in [1.82, 2.24) is 10.0 Å². The highest BCUT2D eigenvalue weighted by Gasteiger charge is 2.26. The second-order valence-corrected chi connectivity index (χ2v) is 8.31. The second kappa shape index (κ2) is 10.6. The van der Waals surface area contributed by atoms with Crippen LogP contribution in [0.3, 0.4) is 0 Å². The van der Waals surface area contributed by atoms with Crippen LogP contribution in [-0.2, 0) is 14.8 Å². The number of amides is 1. The van der Waals surface area contributed by atoms with Crippen molar-refractivity contribution in [3.05, 3.63) is 23.8 Å². The number of nitrogens with one attached hydrogen (secondary N) is 2. The molecule has 0 saturated heterocycles. The maximum atomic E-state index is 12.8. The Balaban J connectivity index is 2.10. The minimum atomic E-state index is -3.77. The van der Waals surface area contributed by atoms with Crippen molar-refractivity contribution in [3.8, 4) is 5.75 Å². The fraction of sp³-hybridized carbons (Fsp3) is 0.632. The highest BCUT2D eigenvalue weighted by atomic mass is 32.2. The molecule has 152 valence electrons. The van der Waals surface area contributed by atoms with Crippen molar-refractivity contribution in [2.24, 2.45) is 0 Å². The summed E-state index contributed by atoms with van der Waals surface area (Å²) in [5, 5.41) is 2.78. The van der Waals surface area contributed by atoms with Crippen LogP contribution in [0.1, 0.15) is 55.8 Å². The fourth-order valence-electron chi connectivity index (χ4n) is 3.15. The van der Waals surface area contributed by atoms with E-state index < -0.39 is 10.0 Å². The van der Waals surface area contributed by atoms with Crippen molar-refractivity contribution in [1.29, 1.82) is 0 Å². The Bertz CT molecular complexity index is 715. The smallest absolute Gasteiger partial charge is 0.251 e. The number of methoxy groups -OCH3 is 1. The molecule has 0 bridgehead atoms. The number of sulfonamides is 1. The van der Waals surface area contributed by atoms with Gasteiger partial charge in [0.15, 0.2) is 0 Å². The van der Waals surface area contributed by atoms with Gasteiger partial charge in [0.2, 0.25) is 10.0 Å². The van der Waals surface area contributed by atoms with Gasteiger partial charge in [0.1, 0.15) is 10.6 Å². The van der Waals surface area contributed by atoms with E-state index in [0.717, 1.165) is 32.1 Å². The van der Waals surface area contributed by atoms with Crippen LogP contribution in [0.25, 0.3) is 0 Å². The lowest BCUT2D eigenvalue weighted by Crippen LogP contribution is -2.36. The summed E-state index contributed by atoms with van der Waals surface area (Å²) in [6.45, 7) is 3.60. The molecule has 0 aromatic heterocycles. The minimum absolute atomic E-state index is 0.00228. The average Bonchev–Trinajstić information content (AvgIpc) is 2.67. The Hall–Kier alpha value is -1.64. The standard InChI is InChI=1S/C19H30N2O5S/c1-3-26-13-7-12-20-19(22)15-10-11-17(25-2)18(14-15)27(23,24)21-16-8-5-4-6-9-16/h10-11,14,16,21H,3-9,12-13H2,1-2H3,(H,20,22). The Morgan fingerprint density at radius 2 is 1.96 bits per heavy atom. The molecule has 2 N–H and O–H groups in total. The molecule has 0 aliphatic heterocycles. The van der Waals surface area contributed by atoms with Gasteiger partial charge >= 0.3 is 0 Å². The van der Waals surface area contributed by atoms with Gasteiger partial charge in [-0.15, -0.1) is 0 Å². The monoisotopic (exact) mass is 398 g/mol. The molecule has 0 atom stereocenters. The summed E-state index contributed by atoms with van der Waals surface area (Å²) in [6.07, 6.45) is 5.55. The van der Waals surface area contributed by atoms with Gasteiger partial charge in [0.05, 0.1) is 7.11 Å². The largest absolute Gasteiger partial charge is 0.495 e. The van der Waals surface area contributed by atoms with Crippen LogP contribution < -0.4 is 14.8 Å². The lowest BCUT2D eigenvalue weighted by molar-refractivity contribution is 0.0944. The van der Waals surface area contributed by atoms with Crippen molar-refractivity contribution in [3.63, 3.8) is 0 Å². The zero-order chi connectivity index (χ0) is 19.7. The molecule has 8 heteroatoms. The Morgan fingerprint density at radius 3 is 2.63 bits per heavy atom. The number of rotatable bonds is 10. The molecule has 0 unspecified atom stereocenters. The van der Waals surface area contributed by atoms with Gasteiger partial charge in [0.25, 0.3) is 5.91 Å². The van der Waals surface area contributed by atoms with E-state index in [1.807, 2.05) is 6.92 Å². The number of hydrogen-bond acceptors (Lipinski definition) is 5. The molecular weight excluding hydrogens is 368 g/mol. The Morgan fingerprint density at radius 1 is 1.22 bits per heavy atom. The van der Waals surface area contributed by atoms with E-state index in [0.29, 0.717) is 26.2 Å². The SMILES string of the molecule is CCOCCCNC(=O)c1ccc(OC)c(S(=O)(=O)NC2CCCCC2)c1. The topological polar surface area (TPSA) is 93.7 Å². The van der Waals surface area contributed by atoms with Gasteiger partial charge in [-0.3, -0.25) is 4.79 Å². The molecule has 1 saturated carbocycles. The quantitative estimate of drug-likeness (QED) is 0.591. The molecule has 1 aliphatic carbocycles. The van der Waals surface area contributed by atoms with Crippen LogP contribution in [0.2, 0.25) is 0 Å². The molecule has 1 amide bonds. The van der Waals surface area contributed by atoms with Gasteiger partial charge in [-0.2, -0.15) is 0 Å². The average molecular weight is 399 g/mol. The summed E-state index contributed by atoms with van der Waals surface area (Å²) in [7, 11) is -2.35. The molecule has 27 heavy (non-hydrogen) atoms. The minimum Gasteiger partial charge on any atom is -0.495 e. The van der Waals surface area contributed by atoms with E-state index in [2.05, 4.69) is 10.0 Å². The van der Waals surface area contributed by atoms with Crippen molar-refractivity contribution in [2.45, 2.75) is 56.4 Å². The van der Waals surface area contributed by atoms with E-state index in [-0.39, 0.29) is 28.2 Å². The number of benzene rings is 1. The zero-order valence-corrected chi connectivity index (χ0v) is 16.9. The molecule has 1 aliphatic rings. The van der Waals surface area contributed by atoms with Gasteiger partial charge in [-0.25, -0.2) is 13.1 Å². The third-order valence-corrected chi connectivity index (χ3v) is 6.14. The highest BCUT2D eigenvalue weighted by molar-refractivity contribution is 7.89. The summed E-state index contributed by atoms with van der Waals surface area (Å²) in [5.41, 5.74) is 0.288. The third-order valence-electron chi connectivity index (χ3n) is 4.60. The fourth-order valence-corrected chi connectivity index (χ4v) is 4.65. The zero-order valence-electron chi connectivity index (χ0n) is 16.1. The molecule has 2 rings (SSSR count). The van der Waals surface area contributed by atoms with Crippen LogP contribution >= 0.6 is 0 Å². The number of ether oxygens (including phenoxy) is 2. The normalized spacial score (nSPS) is 15.5. The lowest BCUT2D eigenvalue weighted by atomic mass is 9.96. The maximum Gasteiger partial charge on any atom is 0.251 e. The molecule has 0 spiro atoms. The third kappa shape index (κ3) is 6.48. The molecule has 1 aromatic rings. The number of hydrogen-bond donors (Lipinski definition) is 2. The molecule has 1 aromatic carbocycles. The van der Waals surface area contributed by atoms with E-state index in [1.54, 1.807) is 6.07 Å². The predicted molar refractivity (Wildman–Crippen MR) is 104 cm³/mol. The van der Waals surface area contributed by atoms with Crippen LogP contribution in [0.5, 0.6) is 5.75 Å². The van der Waals surface area contributed by atoms with Gasteiger partial charge in [-0.05, 0) is 44.4 Å². The first-order valence-corrected chi connectivity index (χ1v) is 11.0. The highest BCUT2D eigenvalue weighted by Crippen LogP contribution is 2.27. The molecule has 7 nitrogen and oxygen atoms in total. The molecular formula is C19H30N2O5S. The summed E-state index contributed by atoms with van der Waals surface area (Å²) >= 11 is 0. The van der Waals surface area contributed by atoms with E-state index in [1.165, 1.54) is 19.2 Å². The lowest BCUT2D eigenvalue weighted by Gasteiger charge is -2.23. The first-order chi connectivity index (χ1) is 13.0. The Labute approximate surface area is 161 Å². The van der Waals surface area contributed by atoms with Gasteiger partial charge < -0.3 is 14.8 Å². The summed E-state index contributed by atoms with van der Waals surface area (Å²) < 4.78 is 38.9. The van der Waals surface area contributed by atoms with Crippen LogP contribution in [0, 0.1) is 0 Å². The van der Waals surface area contributed by atoms with E-state index in [4.69, 9.17) is 9.47 Å². The van der Waals surface area contributed by atoms with Gasteiger partial charge in [-0.1, -0.05) is 19.3 Å². The first kappa shape index (κ1) is 21.7. The second-order valence-electron chi connectivity index (χ2n) is 6.63. The summed E-state index contributed by atoms with van der Waals surface area (Å²) in [5.74, 6) is -0.0885. The summed E-state index contributed by atoms with van der Waals surface area (Å²) in [4.78, 5) is 12.3. The van der Waals surface area contributed by atoms with Crippen molar-refractivity contribution >= 4 is 15.9 Å². The van der Waals surface area contributed by atoms with Crippen LogP contribution in [0.4, 0.5) is 0 Å². The maximum absolute atomic E-state index is 12.8. The van der Waals surface area contributed by atoms with E-state index in [9.17, 15) is 13.2 Å². The Kier molecular flexibility index (Phi) is 8.53. The summed E-state index contributed by atoms with van der Waals surface area (Å²) in [6, 6.07) is 4.40. The number of carbonyl (C=O) groups is 1. The van der Waals surface area contributed by atoms with E-state index >= 15 is 0 Å². The van der Waals surface area contributed by atoms with Crippen LogP contribution in [-0.4, -0.2) is 47.2 Å². The van der Waals surface area contributed by atoms with Crippen molar-refractivity contribution in [2.75, 3.05) is 26.9 Å². The van der Waals surface area contributed by atoms with Crippen molar-refractivity contribution < 1.29 is 22.7 Å². The number of carbonyl (C=O) groups excluding carboxylic acids is 1.